The minimum absolute atomic E-state index is 0.566. The molecular weight excluding hydrogens is 335 g/mol. The van der Waals surface area contributed by atoms with Crippen LogP contribution >= 0.6 is 7.14 Å². The van der Waals surface area contributed by atoms with E-state index in [4.69, 9.17) is 0 Å². The van der Waals surface area contributed by atoms with Gasteiger partial charge in [0.1, 0.15) is 4.99 Å². The fourth-order valence-corrected chi connectivity index (χ4v) is 8.55. The van der Waals surface area contributed by atoms with Gasteiger partial charge >= 0.3 is 0 Å². The van der Waals surface area contributed by atoms with Crippen LogP contribution in [0.1, 0.15) is 10.6 Å². The van der Waals surface area contributed by atoms with E-state index in [1.165, 1.54) is 0 Å². The molecule has 0 radical (unpaired) electrons. The minimum Gasteiger partial charge on any atom is -0.312 e. The first-order valence-corrected chi connectivity index (χ1v) is 11.1. The lowest BCUT2D eigenvalue weighted by molar-refractivity contribution is 0.585. The van der Waals surface area contributed by atoms with Crippen LogP contribution in [-0.2, 0) is 15.4 Å². The molecule has 3 aromatic rings. The lowest BCUT2D eigenvalue weighted by Crippen LogP contribution is -2.23. The van der Waals surface area contributed by atoms with E-state index in [9.17, 15) is 8.77 Å². The van der Waals surface area contributed by atoms with Gasteiger partial charge in [-0.1, -0.05) is 91.0 Å². The second kappa shape index (κ2) is 7.29. The van der Waals surface area contributed by atoms with Crippen LogP contribution in [0.5, 0.6) is 0 Å². The molecule has 0 unspecified atom stereocenters. The zero-order valence-electron chi connectivity index (χ0n) is 13.4. The van der Waals surface area contributed by atoms with Gasteiger partial charge in [-0.25, -0.2) is 0 Å². The average molecular weight is 354 g/mol. The van der Waals surface area contributed by atoms with Gasteiger partial charge in [0.25, 0.3) is 0 Å². The topological polar surface area (TPSA) is 34.1 Å². The van der Waals surface area contributed by atoms with Crippen molar-refractivity contribution in [3.05, 3.63) is 96.6 Å². The summed E-state index contributed by atoms with van der Waals surface area (Å²) < 4.78 is 27.0. The zero-order chi connectivity index (χ0) is 17.0. The van der Waals surface area contributed by atoms with E-state index in [0.717, 1.165) is 16.2 Å². The van der Waals surface area contributed by atoms with E-state index in [0.29, 0.717) is 0 Å². The molecule has 0 aliphatic heterocycles. The molecule has 0 aromatic heterocycles. The Hall–Kier alpha value is -1.96. The predicted molar refractivity (Wildman–Crippen MR) is 103 cm³/mol. The highest BCUT2D eigenvalue weighted by Gasteiger charge is 2.40. The lowest BCUT2D eigenvalue weighted by atomic mass is 10.2. The molecule has 2 atom stereocenters. The summed E-state index contributed by atoms with van der Waals surface area (Å²) in [7, 11) is -4.40. The van der Waals surface area contributed by atoms with Gasteiger partial charge < -0.3 is 4.57 Å². The van der Waals surface area contributed by atoms with Gasteiger partial charge in [0.15, 0.2) is 7.14 Å². The van der Waals surface area contributed by atoms with Crippen molar-refractivity contribution in [1.82, 2.24) is 0 Å². The Kier molecular flexibility index (Phi) is 5.13. The van der Waals surface area contributed by atoms with Gasteiger partial charge in [-0.15, -0.1) is 0 Å². The molecule has 0 amide bonds. The van der Waals surface area contributed by atoms with Crippen molar-refractivity contribution < 1.29 is 8.77 Å². The average Bonchev–Trinajstić information content (AvgIpc) is 2.64. The fourth-order valence-electron chi connectivity index (χ4n) is 2.95. The second-order valence-electron chi connectivity index (χ2n) is 5.59. The maximum absolute atomic E-state index is 14.4. The van der Waals surface area contributed by atoms with Crippen LogP contribution in [0.25, 0.3) is 0 Å². The molecule has 0 bridgehead atoms. The predicted octanol–water partition coefficient (Wildman–Crippen LogP) is 4.08. The molecule has 122 valence electrons. The van der Waals surface area contributed by atoms with Gasteiger partial charge in [-0.3, -0.25) is 4.21 Å². The zero-order valence-corrected chi connectivity index (χ0v) is 15.1. The molecule has 3 aromatic carbocycles. The van der Waals surface area contributed by atoms with Gasteiger partial charge in [0, 0.05) is 27.7 Å². The van der Waals surface area contributed by atoms with E-state index in [-0.39, 0.29) is 0 Å². The monoisotopic (exact) mass is 354 g/mol. The van der Waals surface area contributed by atoms with Gasteiger partial charge in [-0.2, -0.15) is 0 Å². The summed E-state index contributed by atoms with van der Waals surface area (Å²) in [6, 6.07) is 28.3. The van der Waals surface area contributed by atoms with Crippen molar-refractivity contribution in [3.63, 3.8) is 0 Å². The number of hydrogen-bond acceptors (Lipinski definition) is 2. The summed E-state index contributed by atoms with van der Waals surface area (Å²) >= 11 is 0. The number of hydrogen-bond donors (Lipinski definition) is 0. The highest BCUT2D eigenvalue weighted by Crippen LogP contribution is 2.58. The largest absolute Gasteiger partial charge is 0.312 e. The normalized spacial score (nSPS) is 14.0. The van der Waals surface area contributed by atoms with Crippen LogP contribution in [0.3, 0.4) is 0 Å². The SMILES string of the molecule is C[S@](=O)[C@@H](c1ccccc1)P(=O)(c1ccccc1)c1ccccc1. The molecule has 0 aliphatic rings. The second-order valence-corrected chi connectivity index (χ2v) is 10.3. The molecule has 0 N–H and O–H groups in total. The Morgan fingerprint density at radius 3 is 1.46 bits per heavy atom. The highest BCUT2D eigenvalue weighted by molar-refractivity contribution is 7.98. The Morgan fingerprint density at radius 1 is 0.708 bits per heavy atom. The standard InChI is InChI=1S/C20H19O2PS/c1-24(22)20(17-11-5-2-6-12-17)23(21,18-13-7-3-8-14-18)19-15-9-4-10-16-19/h2-16,20H,1H3/t20-,24-/m0/s1. The Balaban J connectivity index is 2.28. The van der Waals surface area contributed by atoms with Crippen molar-refractivity contribution in [2.45, 2.75) is 4.99 Å². The molecule has 4 heteroatoms. The third kappa shape index (κ3) is 3.15. The van der Waals surface area contributed by atoms with Crippen molar-refractivity contribution in [2.24, 2.45) is 0 Å². The van der Waals surface area contributed by atoms with Crippen LogP contribution in [-0.4, -0.2) is 10.5 Å². The van der Waals surface area contributed by atoms with Crippen LogP contribution in [0.2, 0.25) is 0 Å². The minimum atomic E-state index is -3.11. The lowest BCUT2D eigenvalue weighted by Gasteiger charge is -2.27. The quantitative estimate of drug-likeness (QED) is 0.647. The molecule has 3 rings (SSSR count). The van der Waals surface area contributed by atoms with E-state index in [1.54, 1.807) is 6.26 Å². The molecule has 0 aliphatic carbocycles. The first kappa shape index (κ1) is 16.9. The first-order chi connectivity index (χ1) is 11.6. The van der Waals surface area contributed by atoms with Crippen LogP contribution in [0, 0.1) is 0 Å². The molecule has 0 saturated heterocycles. The number of rotatable bonds is 5. The molecule has 0 heterocycles. The Labute approximate surface area is 145 Å². The summed E-state index contributed by atoms with van der Waals surface area (Å²) in [6.45, 7) is 0. The van der Waals surface area contributed by atoms with E-state index < -0.39 is 22.9 Å². The van der Waals surface area contributed by atoms with E-state index >= 15 is 0 Å². The molecular formula is C20H19O2PS. The maximum Gasteiger partial charge on any atom is 0.162 e. The first-order valence-electron chi connectivity index (χ1n) is 7.72. The van der Waals surface area contributed by atoms with E-state index in [1.807, 2.05) is 91.0 Å². The van der Waals surface area contributed by atoms with Crippen molar-refractivity contribution >= 4 is 28.6 Å². The Bertz CT molecular complexity index is 820. The summed E-state index contributed by atoms with van der Waals surface area (Å²) in [5.74, 6) is 0. The molecule has 2 nitrogen and oxygen atoms in total. The summed E-state index contributed by atoms with van der Waals surface area (Å²) in [5.41, 5.74) is 0.842. The van der Waals surface area contributed by atoms with E-state index in [2.05, 4.69) is 0 Å². The maximum atomic E-state index is 14.4. The fraction of sp³-hybridized carbons (Fsp3) is 0.100. The molecule has 0 saturated carbocycles. The van der Waals surface area contributed by atoms with Gasteiger partial charge in [0.2, 0.25) is 0 Å². The van der Waals surface area contributed by atoms with Crippen LogP contribution < -0.4 is 10.6 Å². The van der Waals surface area contributed by atoms with Gasteiger partial charge in [0.05, 0.1) is 0 Å². The molecule has 0 spiro atoms. The summed E-state index contributed by atoms with van der Waals surface area (Å²) in [6.07, 6.45) is 1.64. The Morgan fingerprint density at radius 2 is 1.08 bits per heavy atom. The summed E-state index contributed by atoms with van der Waals surface area (Å²) in [4.78, 5) is -0.566. The van der Waals surface area contributed by atoms with Crippen LogP contribution in [0.15, 0.2) is 91.0 Å². The van der Waals surface area contributed by atoms with Crippen LogP contribution in [0.4, 0.5) is 0 Å². The molecule has 24 heavy (non-hydrogen) atoms. The summed E-state index contributed by atoms with van der Waals surface area (Å²) in [5, 5.41) is 1.47. The van der Waals surface area contributed by atoms with Crippen molar-refractivity contribution in [3.8, 4) is 0 Å². The highest BCUT2D eigenvalue weighted by atomic mass is 32.2. The number of benzene rings is 3. The third-order valence-electron chi connectivity index (χ3n) is 4.01. The molecule has 0 fully saturated rings. The third-order valence-corrected chi connectivity index (χ3v) is 9.78. The smallest absolute Gasteiger partial charge is 0.162 e. The van der Waals surface area contributed by atoms with Crippen molar-refractivity contribution in [2.75, 3.05) is 6.26 Å². The van der Waals surface area contributed by atoms with Crippen molar-refractivity contribution in [1.29, 1.82) is 0 Å². The van der Waals surface area contributed by atoms with Gasteiger partial charge in [-0.05, 0) is 5.56 Å².